The Morgan fingerprint density at radius 2 is 2.08 bits per heavy atom. The van der Waals surface area contributed by atoms with Gasteiger partial charge in [-0.05, 0) is 43.2 Å². The number of carbonyl (C=O) groups is 2. The fraction of sp³-hybridized carbons (Fsp3) is 0.600. The highest BCUT2D eigenvalue weighted by atomic mass is 16.5. The third-order valence-electron chi connectivity index (χ3n) is 4.53. The van der Waals surface area contributed by atoms with Crippen molar-refractivity contribution in [2.45, 2.75) is 45.6 Å². The fourth-order valence-electron chi connectivity index (χ4n) is 3.13. The Morgan fingerprint density at radius 1 is 1.31 bits per heavy atom. The molecule has 0 saturated carbocycles. The molecule has 6 nitrogen and oxygen atoms in total. The average Bonchev–Trinajstić information content (AvgIpc) is 3.12. The third kappa shape index (κ3) is 6.11. The molecule has 1 heterocycles. The summed E-state index contributed by atoms with van der Waals surface area (Å²) in [6, 6.07) is 7.27. The highest BCUT2D eigenvalue weighted by Crippen LogP contribution is 2.23. The third-order valence-corrected chi connectivity index (χ3v) is 4.53. The number of para-hydroxylation sites is 1. The molecule has 1 aliphatic heterocycles. The Labute approximate surface area is 155 Å². The van der Waals surface area contributed by atoms with Gasteiger partial charge in [0.15, 0.2) is 0 Å². The van der Waals surface area contributed by atoms with Gasteiger partial charge in [-0.1, -0.05) is 32.0 Å². The standard InChI is InChI=1S/C20H30N2O4/c1-4-26-20(24)18(11-15-9-10-25-13-15)21-12-19(23)22-17-8-6-5-7-16(17)14(2)3/h5-8,14-15,18,21H,4,9-13H2,1-3H3,(H,22,23). The van der Waals surface area contributed by atoms with Crippen molar-refractivity contribution in [3.63, 3.8) is 0 Å². The van der Waals surface area contributed by atoms with Crippen LogP contribution < -0.4 is 10.6 Å². The largest absolute Gasteiger partial charge is 0.465 e. The average molecular weight is 362 g/mol. The second kappa shape index (κ2) is 10.3. The molecule has 144 valence electrons. The number of benzene rings is 1. The highest BCUT2D eigenvalue weighted by molar-refractivity contribution is 5.93. The summed E-state index contributed by atoms with van der Waals surface area (Å²) in [5, 5.41) is 5.99. The normalized spacial score (nSPS) is 17.9. The quantitative estimate of drug-likeness (QED) is 0.661. The first-order chi connectivity index (χ1) is 12.5. The van der Waals surface area contributed by atoms with Gasteiger partial charge in [-0.2, -0.15) is 0 Å². The number of anilines is 1. The highest BCUT2D eigenvalue weighted by Gasteiger charge is 2.27. The van der Waals surface area contributed by atoms with E-state index < -0.39 is 6.04 Å². The van der Waals surface area contributed by atoms with Crippen molar-refractivity contribution < 1.29 is 19.1 Å². The predicted molar refractivity (Wildman–Crippen MR) is 101 cm³/mol. The lowest BCUT2D eigenvalue weighted by Gasteiger charge is -2.20. The maximum atomic E-state index is 12.4. The molecule has 6 heteroatoms. The van der Waals surface area contributed by atoms with Crippen LogP contribution in [0.15, 0.2) is 24.3 Å². The van der Waals surface area contributed by atoms with Crippen molar-refractivity contribution in [2.75, 3.05) is 31.7 Å². The summed E-state index contributed by atoms with van der Waals surface area (Å²) < 4.78 is 10.5. The van der Waals surface area contributed by atoms with Gasteiger partial charge in [-0.25, -0.2) is 0 Å². The molecule has 2 N–H and O–H groups in total. The first kappa shape index (κ1) is 20.4. The molecule has 0 spiro atoms. The number of esters is 1. The predicted octanol–water partition coefficient (Wildman–Crippen LogP) is 2.70. The molecule has 1 saturated heterocycles. The van der Waals surface area contributed by atoms with Gasteiger partial charge < -0.3 is 14.8 Å². The minimum atomic E-state index is -0.493. The van der Waals surface area contributed by atoms with Crippen molar-refractivity contribution >= 4 is 17.6 Å². The van der Waals surface area contributed by atoms with E-state index in [1.807, 2.05) is 24.3 Å². The maximum absolute atomic E-state index is 12.4. The molecular weight excluding hydrogens is 332 g/mol. The Balaban J connectivity index is 1.92. The van der Waals surface area contributed by atoms with E-state index in [1.165, 1.54) is 0 Å². The second-order valence-corrected chi connectivity index (χ2v) is 6.94. The lowest BCUT2D eigenvalue weighted by molar-refractivity contribution is -0.146. The Bertz CT molecular complexity index is 597. The number of rotatable bonds is 9. The molecule has 0 radical (unpaired) electrons. The molecule has 2 unspecified atom stereocenters. The first-order valence-electron chi connectivity index (χ1n) is 9.37. The van der Waals surface area contributed by atoms with Crippen LogP contribution in [0.3, 0.4) is 0 Å². The topological polar surface area (TPSA) is 76.7 Å². The second-order valence-electron chi connectivity index (χ2n) is 6.94. The summed E-state index contributed by atoms with van der Waals surface area (Å²) in [6.07, 6.45) is 1.56. The zero-order chi connectivity index (χ0) is 18.9. The lowest BCUT2D eigenvalue weighted by atomic mass is 9.99. The number of amides is 1. The van der Waals surface area contributed by atoms with E-state index in [0.29, 0.717) is 31.5 Å². The van der Waals surface area contributed by atoms with Crippen molar-refractivity contribution in [1.82, 2.24) is 5.32 Å². The molecule has 1 aliphatic rings. The van der Waals surface area contributed by atoms with Gasteiger partial charge in [0.25, 0.3) is 0 Å². The van der Waals surface area contributed by atoms with Gasteiger partial charge in [-0.3, -0.25) is 14.9 Å². The molecule has 2 rings (SSSR count). The Hall–Kier alpha value is -1.92. The number of ether oxygens (including phenoxy) is 2. The summed E-state index contributed by atoms with van der Waals surface area (Å²) in [5.41, 5.74) is 1.90. The minimum Gasteiger partial charge on any atom is -0.465 e. The molecule has 0 aromatic heterocycles. The summed E-state index contributed by atoms with van der Waals surface area (Å²) in [6.45, 7) is 7.73. The van der Waals surface area contributed by atoms with E-state index in [9.17, 15) is 9.59 Å². The Kier molecular flexibility index (Phi) is 8.06. The first-order valence-corrected chi connectivity index (χ1v) is 9.37. The van der Waals surface area contributed by atoms with E-state index >= 15 is 0 Å². The van der Waals surface area contributed by atoms with Gasteiger partial charge in [-0.15, -0.1) is 0 Å². The van der Waals surface area contributed by atoms with Crippen LogP contribution in [0.25, 0.3) is 0 Å². The van der Waals surface area contributed by atoms with Gasteiger partial charge >= 0.3 is 5.97 Å². The van der Waals surface area contributed by atoms with E-state index in [1.54, 1.807) is 6.92 Å². The van der Waals surface area contributed by atoms with Crippen molar-refractivity contribution in [1.29, 1.82) is 0 Å². The molecular formula is C20H30N2O4. The minimum absolute atomic E-state index is 0.0590. The van der Waals surface area contributed by atoms with Crippen LogP contribution in [0.5, 0.6) is 0 Å². The summed E-state index contributed by atoms with van der Waals surface area (Å²) in [5.74, 6) is 0.153. The zero-order valence-electron chi connectivity index (χ0n) is 15.9. The van der Waals surface area contributed by atoms with Crippen LogP contribution in [0.4, 0.5) is 5.69 Å². The molecule has 1 aromatic carbocycles. The summed E-state index contributed by atoms with van der Waals surface area (Å²) >= 11 is 0. The summed E-state index contributed by atoms with van der Waals surface area (Å²) in [7, 11) is 0. The van der Waals surface area contributed by atoms with Crippen LogP contribution in [0.2, 0.25) is 0 Å². The van der Waals surface area contributed by atoms with Crippen molar-refractivity contribution in [2.24, 2.45) is 5.92 Å². The molecule has 1 amide bonds. The van der Waals surface area contributed by atoms with Crippen molar-refractivity contribution in [3.05, 3.63) is 29.8 Å². The van der Waals surface area contributed by atoms with E-state index in [-0.39, 0.29) is 18.4 Å². The molecule has 26 heavy (non-hydrogen) atoms. The van der Waals surface area contributed by atoms with Crippen LogP contribution in [-0.4, -0.2) is 44.3 Å². The van der Waals surface area contributed by atoms with Gasteiger partial charge in [0.2, 0.25) is 5.91 Å². The number of hydrogen-bond acceptors (Lipinski definition) is 5. The van der Waals surface area contributed by atoms with Gasteiger partial charge in [0, 0.05) is 18.9 Å². The smallest absolute Gasteiger partial charge is 0.323 e. The van der Waals surface area contributed by atoms with Crippen molar-refractivity contribution in [3.8, 4) is 0 Å². The fourth-order valence-corrected chi connectivity index (χ4v) is 3.13. The van der Waals surface area contributed by atoms with Crippen LogP contribution in [-0.2, 0) is 19.1 Å². The van der Waals surface area contributed by atoms with Gasteiger partial charge in [0.05, 0.1) is 13.2 Å². The molecule has 1 aromatic rings. The van der Waals surface area contributed by atoms with Crippen LogP contribution >= 0.6 is 0 Å². The summed E-state index contributed by atoms with van der Waals surface area (Å²) in [4.78, 5) is 24.5. The van der Waals surface area contributed by atoms with Crippen LogP contribution in [0, 0.1) is 5.92 Å². The van der Waals surface area contributed by atoms with E-state index in [2.05, 4.69) is 24.5 Å². The molecule has 2 atom stereocenters. The lowest BCUT2D eigenvalue weighted by Crippen LogP contribution is -2.43. The SMILES string of the molecule is CCOC(=O)C(CC1CCOC1)NCC(=O)Nc1ccccc1C(C)C. The number of carbonyl (C=O) groups excluding carboxylic acids is 2. The van der Waals surface area contributed by atoms with E-state index in [4.69, 9.17) is 9.47 Å². The molecule has 0 aliphatic carbocycles. The number of hydrogen-bond donors (Lipinski definition) is 2. The maximum Gasteiger partial charge on any atom is 0.323 e. The zero-order valence-corrected chi connectivity index (χ0v) is 15.9. The monoisotopic (exact) mass is 362 g/mol. The number of nitrogens with one attached hydrogen (secondary N) is 2. The van der Waals surface area contributed by atoms with Gasteiger partial charge in [0.1, 0.15) is 6.04 Å². The molecule has 1 fully saturated rings. The van der Waals surface area contributed by atoms with Crippen LogP contribution in [0.1, 0.15) is 45.1 Å². The van der Waals surface area contributed by atoms with E-state index in [0.717, 1.165) is 24.3 Å². The molecule has 0 bridgehead atoms. The Morgan fingerprint density at radius 3 is 2.73 bits per heavy atom.